The van der Waals surface area contributed by atoms with Crippen molar-refractivity contribution in [1.29, 1.82) is 0 Å². The third kappa shape index (κ3) is 3.93. The molecule has 0 N–H and O–H groups in total. The van der Waals surface area contributed by atoms with Crippen LogP contribution in [-0.2, 0) is 19.1 Å². The van der Waals surface area contributed by atoms with E-state index in [1.54, 1.807) is 0 Å². The Bertz CT molecular complexity index is 841. The molecule has 2 unspecified atom stereocenters. The van der Waals surface area contributed by atoms with E-state index in [4.69, 9.17) is 0 Å². The van der Waals surface area contributed by atoms with Crippen molar-refractivity contribution >= 4 is 0 Å². The van der Waals surface area contributed by atoms with Gasteiger partial charge in [-0.3, -0.25) is 4.90 Å². The van der Waals surface area contributed by atoms with E-state index >= 15 is 0 Å². The quantitative estimate of drug-likeness (QED) is 0.486. The first-order chi connectivity index (χ1) is 12.9. The lowest BCUT2D eigenvalue weighted by atomic mass is 9.94. The summed E-state index contributed by atoms with van der Waals surface area (Å²) in [5, 5.41) is 0. The first kappa shape index (κ1) is 18.2. The molecule has 0 radical (unpaired) electrons. The highest BCUT2D eigenvalue weighted by atomic mass is 19.4. The average Bonchev–Trinajstić information content (AvgIpc) is 2.86. The van der Waals surface area contributed by atoms with Crippen LogP contribution >= 0.6 is 0 Å². The summed E-state index contributed by atoms with van der Waals surface area (Å²) in [6.07, 6.45) is 1.06. The van der Waals surface area contributed by atoms with E-state index in [-0.39, 0.29) is 0 Å². The molecule has 2 atom stereocenters. The molecule has 4 rings (SSSR count). The SMILES string of the molecule is Fc1ccc(CC2=CC3CCC(C2)N3Cc2ccccc2)cc1C(F)(F)F. The number of hydrogen-bond donors (Lipinski definition) is 0. The van der Waals surface area contributed by atoms with Gasteiger partial charge >= 0.3 is 6.18 Å². The molecule has 0 amide bonds. The van der Waals surface area contributed by atoms with Crippen molar-refractivity contribution in [2.75, 3.05) is 0 Å². The third-order valence-corrected chi connectivity index (χ3v) is 5.59. The Hall–Kier alpha value is -2.14. The first-order valence-electron chi connectivity index (χ1n) is 9.25. The van der Waals surface area contributed by atoms with Gasteiger partial charge in [-0.25, -0.2) is 4.39 Å². The Kier molecular flexibility index (Phi) is 4.81. The Balaban J connectivity index is 1.50. The molecule has 2 aliphatic rings. The number of benzene rings is 2. The molecule has 1 fully saturated rings. The molecule has 142 valence electrons. The molecular formula is C22H21F4N. The molecule has 0 saturated carbocycles. The number of rotatable bonds is 4. The van der Waals surface area contributed by atoms with E-state index in [0.717, 1.165) is 43.5 Å². The van der Waals surface area contributed by atoms with Gasteiger partial charge < -0.3 is 0 Å². The van der Waals surface area contributed by atoms with E-state index in [9.17, 15) is 17.6 Å². The van der Waals surface area contributed by atoms with Gasteiger partial charge in [-0.2, -0.15) is 13.2 Å². The van der Waals surface area contributed by atoms with Crippen LogP contribution in [0.2, 0.25) is 0 Å². The zero-order chi connectivity index (χ0) is 19.0. The summed E-state index contributed by atoms with van der Waals surface area (Å²) in [6, 6.07) is 14.4. The van der Waals surface area contributed by atoms with Gasteiger partial charge in [-0.1, -0.05) is 48.0 Å². The second kappa shape index (κ2) is 7.12. The minimum Gasteiger partial charge on any atom is -0.289 e. The second-order valence-electron chi connectivity index (χ2n) is 7.47. The topological polar surface area (TPSA) is 3.24 Å². The highest BCUT2D eigenvalue weighted by Gasteiger charge is 2.37. The van der Waals surface area contributed by atoms with Crippen LogP contribution in [0.15, 0.2) is 60.2 Å². The molecule has 1 saturated heterocycles. The Morgan fingerprint density at radius 3 is 2.44 bits per heavy atom. The van der Waals surface area contributed by atoms with Crippen LogP contribution in [0.5, 0.6) is 0 Å². The normalized spacial score (nSPS) is 22.7. The fourth-order valence-electron chi connectivity index (χ4n) is 4.34. The van der Waals surface area contributed by atoms with Gasteiger partial charge in [0.25, 0.3) is 0 Å². The fourth-order valence-corrected chi connectivity index (χ4v) is 4.34. The van der Waals surface area contributed by atoms with Crippen LogP contribution in [0.1, 0.15) is 36.0 Å². The van der Waals surface area contributed by atoms with E-state index in [1.807, 2.05) is 18.2 Å². The third-order valence-electron chi connectivity index (χ3n) is 5.59. The molecule has 27 heavy (non-hydrogen) atoms. The maximum atomic E-state index is 13.5. The Morgan fingerprint density at radius 2 is 1.74 bits per heavy atom. The Labute approximate surface area is 156 Å². The highest BCUT2D eigenvalue weighted by Crippen LogP contribution is 2.38. The fraction of sp³-hybridized carbons (Fsp3) is 0.364. The summed E-state index contributed by atoms with van der Waals surface area (Å²) in [5.74, 6) is -1.21. The van der Waals surface area contributed by atoms with Crippen LogP contribution in [-0.4, -0.2) is 17.0 Å². The van der Waals surface area contributed by atoms with E-state index in [0.29, 0.717) is 24.1 Å². The molecule has 2 aromatic carbocycles. The minimum atomic E-state index is -4.66. The molecule has 0 aromatic heterocycles. The average molecular weight is 375 g/mol. The standard InChI is InChI=1S/C22H21F4N/c23-21-9-6-16(13-20(21)22(24,25)26)10-17-11-18-7-8-19(12-17)27(18)14-15-4-2-1-3-5-15/h1-6,9,11,13,18-19H,7-8,10,12,14H2. The van der Waals surface area contributed by atoms with Crippen molar-refractivity contribution in [2.45, 2.75) is 50.5 Å². The van der Waals surface area contributed by atoms with Crippen molar-refractivity contribution in [1.82, 2.24) is 4.90 Å². The molecule has 2 aromatic rings. The molecule has 0 aliphatic carbocycles. The lowest BCUT2D eigenvalue weighted by molar-refractivity contribution is -0.140. The summed E-state index contributed by atoms with van der Waals surface area (Å²) >= 11 is 0. The smallest absolute Gasteiger partial charge is 0.289 e. The molecule has 1 nitrogen and oxygen atoms in total. The van der Waals surface area contributed by atoms with Crippen molar-refractivity contribution < 1.29 is 17.6 Å². The first-order valence-corrected chi connectivity index (χ1v) is 9.25. The zero-order valence-electron chi connectivity index (χ0n) is 14.8. The lowest BCUT2D eigenvalue weighted by Gasteiger charge is -2.34. The number of halogens is 4. The molecule has 0 spiro atoms. The summed E-state index contributed by atoms with van der Waals surface area (Å²) in [7, 11) is 0. The van der Waals surface area contributed by atoms with Crippen LogP contribution < -0.4 is 0 Å². The van der Waals surface area contributed by atoms with Crippen molar-refractivity contribution in [3.63, 3.8) is 0 Å². The van der Waals surface area contributed by atoms with Crippen LogP contribution in [0.25, 0.3) is 0 Å². The van der Waals surface area contributed by atoms with E-state index in [2.05, 4.69) is 23.1 Å². The summed E-state index contributed by atoms with van der Waals surface area (Å²) in [5.41, 5.74) is 1.78. The Morgan fingerprint density at radius 1 is 0.963 bits per heavy atom. The zero-order valence-corrected chi connectivity index (χ0v) is 14.8. The predicted octanol–water partition coefficient (Wildman–Crippen LogP) is 5.75. The predicted molar refractivity (Wildman–Crippen MR) is 96.6 cm³/mol. The van der Waals surface area contributed by atoms with Gasteiger partial charge in [0.15, 0.2) is 0 Å². The van der Waals surface area contributed by atoms with Crippen LogP contribution in [0, 0.1) is 5.82 Å². The minimum absolute atomic E-state index is 0.335. The largest absolute Gasteiger partial charge is 0.419 e. The van der Waals surface area contributed by atoms with Gasteiger partial charge in [-0.15, -0.1) is 0 Å². The van der Waals surface area contributed by atoms with Crippen molar-refractivity contribution in [3.8, 4) is 0 Å². The van der Waals surface area contributed by atoms with Crippen molar-refractivity contribution in [2.24, 2.45) is 0 Å². The monoisotopic (exact) mass is 375 g/mol. The number of fused-ring (bicyclic) bond motifs is 2. The van der Waals surface area contributed by atoms with Crippen LogP contribution in [0.3, 0.4) is 0 Å². The van der Waals surface area contributed by atoms with Crippen LogP contribution in [0.4, 0.5) is 17.6 Å². The van der Waals surface area contributed by atoms with Gasteiger partial charge in [0.05, 0.1) is 5.56 Å². The molecule has 2 aliphatic heterocycles. The van der Waals surface area contributed by atoms with Gasteiger partial charge in [0, 0.05) is 18.6 Å². The number of hydrogen-bond acceptors (Lipinski definition) is 1. The molecule has 2 heterocycles. The van der Waals surface area contributed by atoms with Gasteiger partial charge in [0.2, 0.25) is 0 Å². The summed E-state index contributed by atoms with van der Waals surface area (Å²) in [4.78, 5) is 2.49. The van der Waals surface area contributed by atoms with E-state index < -0.39 is 17.6 Å². The van der Waals surface area contributed by atoms with E-state index in [1.165, 1.54) is 11.6 Å². The number of alkyl halides is 3. The lowest BCUT2D eigenvalue weighted by Crippen LogP contribution is -2.38. The van der Waals surface area contributed by atoms with Gasteiger partial charge in [0.1, 0.15) is 5.82 Å². The second-order valence-corrected chi connectivity index (χ2v) is 7.47. The molecule has 5 heteroatoms. The molecule has 2 bridgehead atoms. The maximum Gasteiger partial charge on any atom is 0.419 e. The number of nitrogens with zero attached hydrogens (tertiary/aromatic N) is 1. The highest BCUT2D eigenvalue weighted by molar-refractivity contribution is 5.32. The summed E-state index contributed by atoms with van der Waals surface area (Å²) < 4.78 is 52.3. The van der Waals surface area contributed by atoms with Gasteiger partial charge in [-0.05, 0) is 48.9 Å². The summed E-state index contributed by atoms with van der Waals surface area (Å²) in [6.45, 7) is 0.898. The molecular weight excluding hydrogens is 354 g/mol. The van der Waals surface area contributed by atoms with Crippen molar-refractivity contribution in [3.05, 3.63) is 82.7 Å². The maximum absolute atomic E-state index is 13.5.